The first-order valence-electron chi connectivity index (χ1n) is 8.39. The summed E-state index contributed by atoms with van der Waals surface area (Å²) in [6, 6.07) is 3.78. The Balaban J connectivity index is 1.48. The van der Waals surface area contributed by atoms with Crippen molar-refractivity contribution < 1.29 is 14.1 Å². The lowest BCUT2D eigenvalue weighted by atomic mass is 9.81. The topological polar surface area (TPSA) is 73.4 Å². The summed E-state index contributed by atoms with van der Waals surface area (Å²) >= 11 is 0. The van der Waals surface area contributed by atoms with Gasteiger partial charge in [0.05, 0.1) is 13.2 Å². The first-order valence-corrected chi connectivity index (χ1v) is 8.39. The number of fused-ring (bicyclic) bond motifs is 1. The van der Waals surface area contributed by atoms with Crippen molar-refractivity contribution in [3.63, 3.8) is 0 Å². The predicted molar refractivity (Wildman–Crippen MR) is 85.3 cm³/mol. The number of hydrogen-bond donors (Lipinski definition) is 0. The van der Waals surface area contributed by atoms with E-state index >= 15 is 0 Å². The van der Waals surface area contributed by atoms with Gasteiger partial charge < -0.3 is 18.7 Å². The number of aryl methyl sites for hydroxylation is 2. The minimum Gasteiger partial charge on any atom is -0.381 e. The van der Waals surface area contributed by atoms with Crippen molar-refractivity contribution >= 4 is 5.91 Å². The van der Waals surface area contributed by atoms with Crippen LogP contribution in [0.2, 0.25) is 0 Å². The smallest absolute Gasteiger partial charge is 0.270 e. The third kappa shape index (κ3) is 2.73. The number of ether oxygens (including phenoxy) is 1. The van der Waals surface area contributed by atoms with Gasteiger partial charge >= 0.3 is 0 Å². The number of aromatic nitrogens is 3. The molecule has 7 heteroatoms. The van der Waals surface area contributed by atoms with E-state index in [-0.39, 0.29) is 5.91 Å². The summed E-state index contributed by atoms with van der Waals surface area (Å²) in [5, 5.41) is 3.86. The largest absolute Gasteiger partial charge is 0.381 e. The third-order valence-electron chi connectivity index (χ3n) is 5.22. The average molecular weight is 330 g/mol. The summed E-state index contributed by atoms with van der Waals surface area (Å²) in [5.74, 6) is 2.55. The van der Waals surface area contributed by atoms with Gasteiger partial charge in [-0.05, 0) is 30.9 Å². The SMILES string of the molecule is Cc1noc(C[C@@H]2COC[C@H]3CN(C(=O)c4cccn4C)C[C@@H]23)n1. The molecule has 2 saturated heterocycles. The molecule has 4 heterocycles. The fraction of sp³-hybridized carbons (Fsp3) is 0.588. The summed E-state index contributed by atoms with van der Waals surface area (Å²) in [7, 11) is 1.90. The molecule has 0 aromatic carbocycles. The molecule has 0 N–H and O–H groups in total. The Kier molecular flexibility index (Phi) is 3.88. The Hall–Kier alpha value is -2.15. The number of hydrogen-bond acceptors (Lipinski definition) is 5. The van der Waals surface area contributed by atoms with Crippen molar-refractivity contribution in [2.75, 3.05) is 26.3 Å². The van der Waals surface area contributed by atoms with Crippen molar-refractivity contribution in [3.8, 4) is 0 Å². The summed E-state index contributed by atoms with van der Waals surface area (Å²) in [4.78, 5) is 19.0. The van der Waals surface area contributed by atoms with E-state index < -0.39 is 0 Å². The Bertz CT molecular complexity index is 738. The summed E-state index contributed by atoms with van der Waals surface area (Å²) in [6.07, 6.45) is 2.62. The van der Waals surface area contributed by atoms with Crippen molar-refractivity contribution in [1.82, 2.24) is 19.6 Å². The molecule has 0 saturated carbocycles. The number of amides is 1. The third-order valence-corrected chi connectivity index (χ3v) is 5.22. The lowest BCUT2D eigenvalue weighted by molar-refractivity contribution is -0.0110. The standard InChI is InChI=1S/C17H22N4O3/c1-11-18-16(24-19-11)6-12-9-23-10-13-7-21(8-14(12)13)17(22)15-4-3-5-20(15)2/h3-5,12-14H,6-10H2,1-2H3/t12-,13-,14+/m1/s1. The van der Waals surface area contributed by atoms with Gasteiger partial charge in [0.1, 0.15) is 5.69 Å². The second-order valence-electron chi connectivity index (χ2n) is 6.88. The quantitative estimate of drug-likeness (QED) is 0.848. The first kappa shape index (κ1) is 15.4. The van der Waals surface area contributed by atoms with Crippen LogP contribution in [0.3, 0.4) is 0 Å². The zero-order valence-corrected chi connectivity index (χ0v) is 14.0. The Morgan fingerprint density at radius 2 is 2.25 bits per heavy atom. The number of likely N-dealkylation sites (tertiary alicyclic amines) is 1. The molecule has 0 radical (unpaired) electrons. The molecule has 0 spiro atoms. The van der Waals surface area contributed by atoms with Crippen LogP contribution in [0.5, 0.6) is 0 Å². The molecule has 128 valence electrons. The molecule has 2 aromatic heterocycles. The molecular formula is C17H22N4O3. The van der Waals surface area contributed by atoms with Gasteiger partial charge in [0.25, 0.3) is 5.91 Å². The van der Waals surface area contributed by atoms with Crippen LogP contribution >= 0.6 is 0 Å². The number of rotatable bonds is 3. The van der Waals surface area contributed by atoms with Crippen LogP contribution < -0.4 is 0 Å². The molecule has 0 aliphatic carbocycles. The minimum absolute atomic E-state index is 0.101. The Morgan fingerprint density at radius 3 is 2.96 bits per heavy atom. The molecule has 2 fully saturated rings. The zero-order chi connectivity index (χ0) is 16.7. The zero-order valence-electron chi connectivity index (χ0n) is 14.0. The first-order chi connectivity index (χ1) is 11.6. The van der Waals surface area contributed by atoms with Gasteiger partial charge in [-0.1, -0.05) is 5.16 Å². The van der Waals surface area contributed by atoms with E-state index in [1.807, 2.05) is 41.8 Å². The maximum atomic E-state index is 12.8. The van der Waals surface area contributed by atoms with E-state index in [0.29, 0.717) is 42.5 Å². The highest BCUT2D eigenvalue weighted by atomic mass is 16.5. The fourth-order valence-electron chi connectivity index (χ4n) is 3.97. The van der Waals surface area contributed by atoms with E-state index in [1.54, 1.807) is 0 Å². The molecule has 0 bridgehead atoms. The van der Waals surface area contributed by atoms with Crippen LogP contribution in [0.15, 0.2) is 22.9 Å². The van der Waals surface area contributed by atoms with Crippen molar-refractivity contribution in [1.29, 1.82) is 0 Å². The molecular weight excluding hydrogens is 308 g/mol. The Labute approximate surface area is 140 Å². The van der Waals surface area contributed by atoms with Crippen molar-refractivity contribution in [2.24, 2.45) is 24.8 Å². The van der Waals surface area contributed by atoms with E-state index in [0.717, 1.165) is 25.4 Å². The lowest BCUT2D eigenvalue weighted by Crippen LogP contribution is -2.36. The van der Waals surface area contributed by atoms with Crippen LogP contribution in [0.1, 0.15) is 22.2 Å². The maximum absolute atomic E-state index is 12.8. The minimum atomic E-state index is 0.101. The summed E-state index contributed by atoms with van der Waals surface area (Å²) in [5.41, 5.74) is 0.735. The van der Waals surface area contributed by atoms with Crippen LogP contribution in [-0.2, 0) is 18.2 Å². The lowest BCUT2D eigenvalue weighted by Gasteiger charge is -2.31. The van der Waals surface area contributed by atoms with E-state index in [4.69, 9.17) is 9.26 Å². The van der Waals surface area contributed by atoms with Gasteiger partial charge in [-0.25, -0.2) is 0 Å². The van der Waals surface area contributed by atoms with Crippen LogP contribution in [0.25, 0.3) is 0 Å². The highest BCUT2D eigenvalue weighted by Gasteiger charge is 2.43. The van der Waals surface area contributed by atoms with Gasteiger partial charge in [-0.3, -0.25) is 4.79 Å². The predicted octanol–water partition coefficient (Wildman–Crippen LogP) is 1.29. The molecule has 7 nitrogen and oxygen atoms in total. The monoisotopic (exact) mass is 330 g/mol. The van der Waals surface area contributed by atoms with Crippen molar-refractivity contribution in [2.45, 2.75) is 13.3 Å². The van der Waals surface area contributed by atoms with Crippen LogP contribution in [-0.4, -0.2) is 51.8 Å². The molecule has 3 atom stereocenters. The Morgan fingerprint density at radius 1 is 1.38 bits per heavy atom. The van der Waals surface area contributed by atoms with Gasteiger partial charge in [-0.2, -0.15) is 4.98 Å². The fourth-order valence-corrected chi connectivity index (χ4v) is 3.97. The second-order valence-corrected chi connectivity index (χ2v) is 6.88. The molecule has 2 aliphatic rings. The molecule has 24 heavy (non-hydrogen) atoms. The summed E-state index contributed by atoms with van der Waals surface area (Å²) < 4.78 is 12.9. The maximum Gasteiger partial charge on any atom is 0.270 e. The molecule has 4 rings (SSSR count). The van der Waals surface area contributed by atoms with Crippen molar-refractivity contribution in [3.05, 3.63) is 35.7 Å². The van der Waals surface area contributed by atoms with Gasteiger partial charge in [0.15, 0.2) is 5.82 Å². The number of carbonyl (C=O) groups excluding carboxylic acids is 1. The van der Waals surface area contributed by atoms with Crippen LogP contribution in [0, 0.1) is 24.7 Å². The van der Waals surface area contributed by atoms with E-state index in [9.17, 15) is 4.79 Å². The molecule has 2 aromatic rings. The summed E-state index contributed by atoms with van der Waals surface area (Å²) in [6.45, 7) is 4.77. The van der Waals surface area contributed by atoms with Gasteiger partial charge in [0, 0.05) is 38.7 Å². The van der Waals surface area contributed by atoms with Crippen LogP contribution in [0.4, 0.5) is 0 Å². The number of carbonyl (C=O) groups is 1. The van der Waals surface area contributed by atoms with E-state index in [1.165, 1.54) is 0 Å². The van der Waals surface area contributed by atoms with Gasteiger partial charge in [0.2, 0.25) is 5.89 Å². The average Bonchev–Trinajstić information content (AvgIpc) is 3.27. The highest BCUT2D eigenvalue weighted by molar-refractivity contribution is 5.93. The highest BCUT2D eigenvalue weighted by Crippen LogP contribution is 2.36. The number of nitrogens with zero attached hydrogens (tertiary/aromatic N) is 4. The molecule has 1 amide bonds. The molecule has 0 unspecified atom stereocenters. The second kappa shape index (κ2) is 6.05. The van der Waals surface area contributed by atoms with E-state index in [2.05, 4.69) is 10.1 Å². The van der Waals surface area contributed by atoms with Gasteiger partial charge in [-0.15, -0.1) is 0 Å². The molecule has 2 aliphatic heterocycles. The normalized spacial score (nSPS) is 26.6.